The van der Waals surface area contributed by atoms with Gasteiger partial charge in [0.15, 0.2) is 0 Å². The van der Waals surface area contributed by atoms with Crippen molar-refractivity contribution in [1.29, 1.82) is 0 Å². The van der Waals surface area contributed by atoms with Crippen molar-refractivity contribution in [1.82, 2.24) is 9.13 Å². The third kappa shape index (κ3) is 4.48. The molecule has 2 aromatic heterocycles. The quantitative estimate of drug-likeness (QED) is 0.624. The molecule has 9 heteroatoms. The minimum absolute atomic E-state index is 0.224. The highest BCUT2D eigenvalue weighted by Crippen LogP contribution is 2.22. The van der Waals surface area contributed by atoms with E-state index in [0.29, 0.717) is 44.8 Å². The number of hydrogen-bond acceptors (Lipinski definition) is 4. The second kappa shape index (κ2) is 8.51. The molecule has 0 saturated carbocycles. The summed E-state index contributed by atoms with van der Waals surface area (Å²) in [5.74, 6) is -0.0725. The minimum atomic E-state index is -0.490. The molecular formula is C19H19Cl2N3O3S. The molecular weight excluding hydrogens is 421 g/mol. The van der Waals surface area contributed by atoms with E-state index in [9.17, 15) is 14.4 Å². The number of benzene rings is 1. The van der Waals surface area contributed by atoms with Crippen molar-refractivity contribution < 1.29 is 4.79 Å². The van der Waals surface area contributed by atoms with E-state index >= 15 is 0 Å². The summed E-state index contributed by atoms with van der Waals surface area (Å²) in [6, 6.07) is 6.37. The number of rotatable bonds is 6. The van der Waals surface area contributed by atoms with Crippen molar-refractivity contribution in [2.24, 2.45) is 5.92 Å². The van der Waals surface area contributed by atoms with Crippen LogP contribution in [-0.4, -0.2) is 15.0 Å². The van der Waals surface area contributed by atoms with Gasteiger partial charge in [-0.15, -0.1) is 11.3 Å². The number of aromatic nitrogens is 2. The summed E-state index contributed by atoms with van der Waals surface area (Å²) in [4.78, 5) is 38.1. The van der Waals surface area contributed by atoms with Crippen molar-refractivity contribution >= 4 is 56.3 Å². The summed E-state index contributed by atoms with van der Waals surface area (Å²) >= 11 is 13.2. The molecule has 0 unspecified atom stereocenters. The average Bonchev–Trinajstić information content (AvgIpc) is 3.07. The molecule has 1 aromatic carbocycles. The van der Waals surface area contributed by atoms with E-state index in [1.54, 1.807) is 29.6 Å². The number of nitrogens with one attached hydrogen (secondary N) is 1. The molecule has 2 heterocycles. The Hall–Kier alpha value is -2.09. The van der Waals surface area contributed by atoms with Crippen molar-refractivity contribution in [3.8, 4) is 0 Å². The minimum Gasteiger partial charge on any atom is -0.324 e. The Labute approximate surface area is 175 Å². The zero-order valence-electron chi connectivity index (χ0n) is 15.4. The summed E-state index contributed by atoms with van der Waals surface area (Å²) < 4.78 is 3.00. The number of fused-ring (bicyclic) bond motifs is 1. The maximum absolute atomic E-state index is 12.9. The van der Waals surface area contributed by atoms with Crippen LogP contribution < -0.4 is 16.6 Å². The van der Waals surface area contributed by atoms with Crippen LogP contribution in [0.1, 0.15) is 20.3 Å². The van der Waals surface area contributed by atoms with Gasteiger partial charge in [0.05, 0.1) is 5.52 Å². The molecule has 0 bridgehead atoms. The normalized spacial score (nSPS) is 11.3. The maximum atomic E-state index is 12.9. The highest BCUT2D eigenvalue weighted by molar-refractivity contribution is 7.17. The molecule has 0 saturated heterocycles. The molecule has 148 valence electrons. The first-order valence-corrected chi connectivity index (χ1v) is 10.4. The van der Waals surface area contributed by atoms with Crippen LogP contribution in [0.15, 0.2) is 39.2 Å². The molecule has 0 spiro atoms. The van der Waals surface area contributed by atoms with E-state index in [1.807, 2.05) is 13.8 Å². The lowest BCUT2D eigenvalue weighted by molar-refractivity contribution is -0.116. The van der Waals surface area contributed by atoms with E-state index in [-0.39, 0.29) is 12.1 Å². The summed E-state index contributed by atoms with van der Waals surface area (Å²) in [7, 11) is 0. The van der Waals surface area contributed by atoms with Gasteiger partial charge in [0, 0.05) is 22.3 Å². The van der Waals surface area contributed by atoms with Gasteiger partial charge >= 0.3 is 5.69 Å². The summed E-state index contributed by atoms with van der Waals surface area (Å²) in [6.45, 7) is 4.14. The Kier molecular flexibility index (Phi) is 6.27. The van der Waals surface area contributed by atoms with E-state index in [1.165, 1.54) is 20.5 Å². The number of hydrogen-bond donors (Lipinski definition) is 1. The molecule has 3 aromatic rings. The molecule has 28 heavy (non-hydrogen) atoms. The largest absolute Gasteiger partial charge is 0.332 e. The van der Waals surface area contributed by atoms with Crippen molar-refractivity contribution in [3.05, 3.63) is 60.5 Å². The lowest BCUT2D eigenvalue weighted by atomic mass is 10.1. The van der Waals surface area contributed by atoms with Gasteiger partial charge in [0.1, 0.15) is 11.2 Å². The van der Waals surface area contributed by atoms with Crippen LogP contribution in [0.25, 0.3) is 10.2 Å². The zero-order valence-corrected chi connectivity index (χ0v) is 17.7. The van der Waals surface area contributed by atoms with E-state index in [0.717, 1.165) is 0 Å². The number of halogens is 2. The molecule has 0 aliphatic carbocycles. The van der Waals surface area contributed by atoms with Crippen LogP contribution in [-0.2, 0) is 17.9 Å². The Balaban J connectivity index is 1.95. The fourth-order valence-electron chi connectivity index (χ4n) is 2.84. The van der Waals surface area contributed by atoms with Crippen LogP contribution in [0, 0.1) is 5.92 Å². The fourth-order valence-corrected chi connectivity index (χ4v) is 4.21. The van der Waals surface area contributed by atoms with Crippen molar-refractivity contribution in [2.75, 3.05) is 5.32 Å². The molecule has 0 aliphatic rings. The number of nitrogens with zero attached hydrogens (tertiary/aromatic N) is 2. The van der Waals surface area contributed by atoms with Gasteiger partial charge in [-0.2, -0.15) is 0 Å². The van der Waals surface area contributed by atoms with Crippen molar-refractivity contribution in [2.45, 2.75) is 33.4 Å². The molecule has 1 amide bonds. The topological polar surface area (TPSA) is 73.1 Å². The smallest absolute Gasteiger partial charge is 0.324 e. The second-order valence-electron chi connectivity index (χ2n) is 6.85. The predicted molar refractivity (Wildman–Crippen MR) is 115 cm³/mol. The first kappa shape index (κ1) is 20.6. The summed E-state index contributed by atoms with van der Waals surface area (Å²) in [6.07, 6.45) is 0.694. The number of anilines is 1. The number of amides is 1. The van der Waals surface area contributed by atoms with Crippen LogP contribution in [0.3, 0.4) is 0 Å². The number of thiophene rings is 1. The number of carbonyl (C=O) groups is 1. The predicted octanol–water partition coefficient (Wildman–Crippen LogP) is 4.22. The van der Waals surface area contributed by atoms with Crippen LogP contribution >= 0.6 is 34.5 Å². The summed E-state index contributed by atoms with van der Waals surface area (Å²) in [5.41, 5.74) is 0.0927. The van der Waals surface area contributed by atoms with Gasteiger partial charge in [-0.3, -0.25) is 18.7 Å². The molecule has 0 radical (unpaired) electrons. The third-order valence-electron chi connectivity index (χ3n) is 4.21. The molecule has 0 aliphatic heterocycles. The van der Waals surface area contributed by atoms with Gasteiger partial charge in [-0.1, -0.05) is 37.0 Å². The third-order valence-corrected chi connectivity index (χ3v) is 5.54. The molecule has 6 nitrogen and oxygen atoms in total. The van der Waals surface area contributed by atoms with Gasteiger partial charge in [0.25, 0.3) is 5.56 Å². The van der Waals surface area contributed by atoms with Crippen LogP contribution in [0.4, 0.5) is 5.69 Å². The molecule has 0 fully saturated rings. The highest BCUT2D eigenvalue weighted by atomic mass is 35.5. The van der Waals surface area contributed by atoms with E-state index in [4.69, 9.17) is 23.2 Å². The van der Waals surface area contributed by atoms with E-state index in [2.05, 4.69) is 5.32 Å². The first-order valence-electron chi connectivity index (χ1n) is 8.73. The lowest BCUT2D eigenvalue weighted by Gasteiger charge is -2.13. The van der Waals surface area contributed by atoms with Crippen LogP contribution in [0.5, 0.6) is 0 Å². The maximum Gasteiger partial charge on any atom is 0.332 e. The van der Waals surface area contributed by atoms with Crippen LogP contribution in [0.2, 0.25) is 10.0 Å². The average molecular weight is 440 g/mol. The highest BCUT2D eigenvalue weighted by Gasteiger charge is 2.17. The summed E-state index contributed by atoms with van der Waals surface area (Å²) in [5, 5.41) is 5.21. The Morgan fingerprint density at radius 1 is 1.14 bits per heavy atom. The SMILES string of the molecule is CC(C)CCn1c(=O)c2sccc2n(CC(=O)Nc2cc(Cl)cc(Cl)c2)c1=O. The Morgan fingerprint density at radius 2 is 1.82 bits per heavy atom. The molecule has 3 rings (SSSR count). The van der Waals surface area contributed by atoms with Gasteiger partial charge in [0.2, 0.25) is 5.91 Å². The lowest BCUT2D eigenvalue weighted by Crippen LogP contribution is -2.41. The standard InChI is InChI=1S/C19H19Cl2N3O3S/c1-11(2)3-5-23-18(26)17-15(4-6-28-17)24(19(23)27)10-16(25)22-14-8-12(20)7-13(21)9-14/h4,6-9,11H,3,5,10H2,1-2H3,(H,22,25). The van der Waals surface area contributed by atoms with Gasteiger partial charge in [-0.25, -0.2) is 4.79 Å². The number of carbonyl (C=O) groups excluding carboxylic acids is 1. The van der Waals surface area contributed by atoms with Gasteiger partial charge in [-0.05, 0) is 42.0 Å². The molecule has 1 N–H and O–H groups in total. The monoisotopic (exact) mass is 439 g/mol. The molecule has 0 atom stereocenters. The van der Waals surface area contributed by atoms with Crippen molar-refractivity contribution in [3.63, 3.8) is 0 Å². The Bertz CT molecular complexity index is 1130. The second-order valence-corrected chi connectivity index (χ2v) is 8.64. The fraction of sp³-hybridized carbons (Fsp3) is 0.316. The van der Waals surface area contributed by atoms with Gasteiger partial charge < -0.3 is 5.32 Å². The Morgan fingerprint density at radius 3 is 2.46 bits per heavy atom. The van der Waals surface area contributed by atoms with E-state index < -0.39 is 11.6 Å². The zero-order chi connectivity index (χ0) is 20.4. The first-order chi connectivity index (χ1) is 13.3.